The third kappa shape index (κ3) is 5.13. The zero-order valence-corrected chi connectivity index (χ0v) is 19.8. The van der Waals surface area contributed by atoms with Crippen LogP contribution >= 0.6 is 0 Å². The van der Waals surface area contributed by atoms with Gasteiger partial charge in [0.25, 0.3) is 5.91 Å². The topological polar surface area (TPSA) is 109 Å². The van der Waals surface area contributed by atoms with Gasteiger partial charge in [-0.15, -0.1) is 0 Å². The van der Waals surface area contributed by atoms with Gasteiger partial charge >= 0.3 is 0 Å². The van der Waals surface area contributed by atoms with E-state index >= 15 is 0 Å². The Morgan fingerprint density at radius 1 is 1.10 bits per heavy atom. The molecule has 0 atom stereocenters. The standard InChI is InChI=1S/C21H31N5O4S/c1-20(2,3)19-22-18(24-30-19)21(4,5)23-17(27)15-8-7-9-16(14-15)31(28,29)26-12-10-25(6)11-13-26/h7-9,14H,10-13H2,1-6H3,(H,23,27). The van der Waals surface area contributed by atoms with Crippen LogP contribution in [0.25, 0.3) is 0 Å². The first-order chi connectivity index (χ1) is 14.3. The number of sulfonamides is 1. The second kappa shape index (κ2) is 8.33. The molecule has 2 aromatic rings. The first-order valence-corrected chi connectivity index (χ1v) is 11.7. The van der Waals surface area contributed by atoms with Crippen LogP contribution in [0.1, 0.15) is 56.7 Å². The van der Waals surface area contributed by atoms with Crippen molar-refractivity contribution in [3.8, 4) is 0 Å². The van der Waals surface area contributed by atoms with Gasteiger partial charge < -0.3 is 14.7 Å². The Balaban J connectivity index is 1.79. The number of nitrogens with zero attached hydrogens (tertiary/aromatic N) is 4. The molecule has 0 bridgehead atoms. The second-order valence-electron chi connectivity index (χ2n) is 9.49. The Morgan fingerprint density at radius 2 is 1.74 bits per heavy atom. The van der Waals surface area contributed by atoms with Gasteiger partial charge in [0.1, 0.15) is 0 Å². The largest absolute Gasteiger partial charge is 0.340 e. The quantitative estimate of drug-likeness (QED) is 0.743. The molecule has 0 saturated carbocycles. The van der Waals surface area contributed by atoms with E-state index in [-0.39, 0.29) is 15.9 Å². The molecule has 1 amide bonds. The highest BCUT2D eigenvalue weighted by Crippen LogP contribution is 2.25. The zero-order valence-electron chi connectivity index (χ0n) is 19.0. The van der Waals surface area contributed by atoms with Crippen molar-refractivity contribution in [2.45, 2.75) is 50.5 Å². The van der Waals surface area contributed by atoms with Crippen molar-refractivity contribution in [2.75, 3.05) is 33.2 Å². The lowest BCUT2D eigenvalue weighted by Gasteiger charge is -2.31. The molecule has 1 fully saturated rings. The fourth-order valence-electron chi connectivity index (χ4n) is 3.17. The smallest absolute Gasteiger partial charge is 0.252 e. The first-order valence-electron chi connectivity index (χ1n) is 10.3. The van der Waals surface area contributed by atoms with E-state index in [1.54, 1.807) is 26.0 Å². The van der Waals surface area contributed by atoms with E-state index in [0.717, 1.165) is 0 Å². The lowest BCUT2D eigenvalue weighted by Crippen LogP contribution is -2.47. The summed E-state index contributed by atoms with van der Waals surface area (Å²) in [6.45, 7) is 11.6. The van der Waals surface area contributed by atoms with Crippen LogP contribution in [0.2, 0.25) is 0 Å². The minimum atomic E-state index is -3.66. The fourth-order valence-corrected chi connectivity index (χ4v) is 4.64. The maximum atomic E-state index is 13.0. The number of hydrogen-bond acceptors (Lipinski definition) is 7. The Kier molecular flexibility index (Phi) is 6.28. The lowest BCUT2D eigenvalue weighted by molar-refractivity contribution is 0.0907. The minimum Gasteiger partial charge on any atom is -0.340 e. The van der Waals surface area contributed by atoms with Crippen LogP contribution in [0.4, 0.5) is 0 Å². The number of carbonyl (C=O) groups excluding carboxylic acids is 1. The number of amides is 1. The molecule has 1 aliphatic rings. The summed E-state index contributed by atoms with van der Waals surface area (Å²) in [5.41, 5.74) is -0.962. The Bertz CT molecular complexity index is 1050. The third-order valence-electron chi connectivity index (χ3n) is 5.25. The number of likely N-dealkylation sites (N-methyl/N-ethyl adjacent to an activating group) is 1. The molecule has 10 heteroatoms. The van der Waals surface area contributed by atoms with E-state index in [0.29, 0.717) is 37.9 Å². The number of piperazine rings is 1. The molecular formula is C21H31N5O4S. The van der Waals surface area contributed by atoms with Gasteiger partial charge in [-0.25, -0.2) is 8.42 Å². The summed E-state index contributed by atoms with van der Waals surface area (Å²) in [6.07, 6.45) is 0. The third-order valence-corrected chi connectivity index (χ3v) is 7.14. The average molecular weight is 450 g/mol. The van der Waals surface area contributed by atoms with Gasteiger partial charge in [-0.1, -0.05) is 32.0 Å². The summed E-state index contributed by atoms with van der Waals surface area (Å²) >= 11 is 0. The summed E-state index contributed by atoms with van der Waals surface area (Å²) in [5.74, 6) is 0.416. The summed E-state index contributed by atoms with van der Waals surface area (Å²) in [6, 6.07) is 6.10. The van der Waals surface area contributed by atoms with Gasteiger partial charge in [-0.2, -0.15) is 9.29 Å². The molecule has 1 N–H and O–H groups in total. The number of rotatable bonds is 5. The number of carbonyl (C=O) groups is 1. The normalized spacial score (nSPS) is 17.0. The Morgan fingerprint density at radius 3 is 2.32 bits per heavy atom. The zero-order chi connectivity index (χ0) is 23.0. The van der Waals surface area contributed by atoms with Gasteiger partial charge in [0.05, 0.1) is 10.4 Å². The summed E-state index contributed by atoms with van der Waals surface area (Å²) in [7, 11) is -1.70. The molecule has 0 spiro atoms. The van der Waals surface area contributed by atoms with Crippen LogP contribution in [0.5, 0.6) is 0 Å². The monoisotopic (exact) mass is 449 g/mol. The molecule has 170 valence electrons. The van der Waals surface area contributed by atoms with Gasteiger partial charge in [-0.3, -0.25) is 4.79 Å². The summed E-state index contributed by atoms with van der Waals surface area (Å²) < 4.78 is 32.8. The molecular weight excluding hydrogens is 418 g/mol. The average Bonchev–Trinajstić information content (AvgIpc) is 3.20. The van der Waals surface area contributed by atoms with Gasteiger partial charge in [-0.05, 0) is 39.1 Å². The van der Waals surface area contributed by atoms with E-state index in [1.165, 1.54) is 16.4 Å². The number of benzene rings is 1. The van der Waals surface area contributed by atoms with Crippen molar-refractivity contribution in [1.29, 1.82) is 0 Å². The van der Waals surface area contributed by atoms with Crippen molar-refractivity contribution in [3.05, 3.63) is 41.5 Å². The maximum Gasteiger partial charge on any atom is 0.252 e. The van der Waals surface area contributed by atoms with Crippen LogP contribution in [-0.2, 0) is 21.0 Å². The molecule has 0 aliphatic carbocycles. The van der Waals surface area contributed by atoms with E-state index in [1.807, 2.05) is 27.8 Å². The van der Waals surface area contributed by atoms with Crippen molar-refractivity contribution < 1.29 is 17.7 Å². The molecule has 3 rings (SSSR count). The summed E-state index contributed by atoms with van der Waals surface area (Å²) in [4.78, 5) is 19.5. The second-order valence-corrected chi connectivity index (χ2v) is 11.4. The lowest BCUT2D eigenvalue weighted by atomic mass is 9.97. The number of aromatic nitrogens is 2. The van der Waals surface area contributed by atoms with E-state index in [4.69, 9.17) is 4.52 Å². The molecule has 1 aliphatic heterocycles. The van der Waals surface area contributed by atoms with E-state index in [9.17, 15) is 13.2 Å². The molecule has 2 heterocycles. The Hall–Kier alpha value is -2.30. The summed E-state index contributed by atoms with van der Waals surface area (Å²) in [5, 5.41) is 6.90. The van der Waals surface area contributed by atoms with E-state index < -0.39 is 21.5 Å². The molecule has 9 nitrogen and oxygen atoms in total. The number of hydrogen-bond donors (Lipinski definition) is 1. The molecule has 0 unspecified atom stereocenters. The van der Waals surface area contributed by atoms with Gasteiger partial charge in [0.15, 0.2) is 5.82 Å². The van der Waals surface area contributed by atoms with Crippen LogP contribution in [0, 0.1) is 0 Å². The van der Waals surface area contributed by atoms with Crippen LogP contribution < -0.4 is 5.32 Å². The van der Waals surface area contributed by atoms with Crippen LogP contribution in [0.15, 0.2) is 33.7 Å². The fraction of sp³-hybridized carbons (Fsp3) is 0.571. The Labute approximate surface area is 183 Å². The van der Waals surface area contributed by atoms with Crippen LogP contribution in [-0.4, -0.2) is 66.9 Å². The predicted molar refractivity (Wildman–Crippen MR) is 116 cm³/mol. The maximum absolute atomic E-state index is 13.0. The van der Waals surface area contributed by atoms with Gasteiger partial charge in [0.2, 0.25) is 15.9 Å². The predicted octanol–water partition coefficient (Wildman–Crippen LogP) is 1.97. The highest BCUT2D eigenvalue weighted by molar-refractivity contribution is 7.89. The van der Waals surface area contributed by atoms with Crippen LogP contribution in [0.3, 0.4) is 0 Å². The molecule has 0 radical (unpaired) electrons. The highest BCUT2D eigenvalue weighted by atomic mass is 32.2. The van der Waals surface area contributed by atoms with Crippen molar-refractivity contribution in [1.82, 2.24) is 24.7 Å². The van der Waals surface area contributed by atoms with Crippen molar-refractivity contribution >= 4 is 15.9 Å². The molecule has 1 saturated heterocycles. The number of nitrogens with one attached hydrogen (secondary N) is 1. The molecule has 1 aromatic carbocycles. The molecule has 31 heavy (non-hydrogen) atoms. The van der Waals surface area contributed by atoms with Crippen molar-refractivity contribution in [3.63, 3.8) is 0 Å². The highest BCUT2D eigenvalue weighted by Gasteiger charge is 2.32. The SMILES string of the molecule is CN1CCN(S(=O)(=O)c2cccc(C(=O)NC(C)(C)c3noc(C(C)(C)C)n3)c2)CC1. The first kappa shape index (κ1) is 23.4. The minimum absolute atomic E-state index is 0.108. The van der Waals surface area contributed by atoms with E-state index in [2.05, 4.69) is 20.4 Å². The van der Waals surface area contributed by atoms with Crippen molar-refractivity contribution in [2.24, 2.45) is 0 Å². The van der Waals surface area contributed by atoms with Gasteiger partial charge in [0, 0.05) is 37.2 Å². The molecule has 1 aromatic heterocycles.